The van der Waals surface area contributed by atoms with Crippen molar-refractivity contribution in [2.45, 2.75) is 4.34 Å². The number of allylic oxidation sites excluding steroid dienone is 1. The number of rotatable bonds is 3. The highest BCUT2D eigenvalue weighted by Crippen LogP contribution is 2.34. The second kappa shape index (κ2) is 6.72. The number of fused-ring (bicyclic) bond motifs is 1. The maximum atomic E-state index is 9.33. The largest absolute Gasteiger partial charge is 0.229 e. The molecule has 0 atom stereocenters. The first-order chi connectivity index (χ1) is 10.7. The van der Waals surface area contributed by atoms with Crippen molar-refractivity contribution in [2.24, 2.45) is 0 Å². The summed E-state index contributed by atoms with van der Waals surface area (Å²) in [6.45, 7) is 0. The van der Waals surface area contributed by atoms with Gasteiger partial charge in [-0.05, 0) is 47.7 Å². The number of benzene rings is 2. The van der Waals surface area contributed by atoms with Gasteiger partial charge in [0, 0.05) is 0 Å². The predicted molar refractivity (Wildman–Crippen MR) is 95.5 cm³/mol. The van der Waals surface area contributed by atoms with Gasteiger partial charge in [0.2, 0.25) is 0 Å². The second-order valence-electron chi connectivity index (χ2n) is 4.34. The molecule has 0 fully saturated rings. The molecule has 108 valence electrons. The first-order valence-corrected chi connectivity index (χ1v) is 8.65. The van der Waals surface area contributed by atoms with Crippen molar-refractivity contribution in [2.75, 3.05) is 0 Å². The lowest BCUT2D eigenvalue weighted by Crippen LogP contribution is -1.77. The average Bonchev–Trinajstić information content (AvgIpc) is 2.92. The predicted octanol–water partition coefficient (Wildman–Crippen LogP) is 6.26. The summed E-state index contributed by atoms with van der Waals surface area (Å²) in [4.78, 5) is 5.07. The first-order valence-electron chi connectivity index (χ1n) is 6.26. The molecule has 2 nitrogen and oxygen atoms in total. The molecule has 0 unspecified atom stereocenters. The van der Waals surface area contributed by atoms with Crippen molar-refractivity contribution in [3.63, 3.8) is 0 Å². The third kappa shape index (κ3) is 3.45. The van der Waals surface area contributed by atoms with Gasteiger partial charge >= 0.3 is 0 Å². The Morgan fingerprint density at radius 1 is 1.18 bits per heavy atom. The summed E-state index contributed by atoms with van der Waals surface area (Å²) in [5.41, 5.74) is 1.78. The van der Waals surface area contributed by atoms with Crippen LogP contribution in [0.3, 0.4) is 0 Å². The summed E-state index contributed by atoms with van der Waals surface area (Å²) in [5.74, 6) is 0. The standard InChI is InChI=1S/C16H8Cl2N2S2/c17-12-6-5-10(8-13(12)18)7-11(9-19)21-16-20-14-3-1-2-4-15(14)22-16/h1-8H/b11-7+. The van der Waals surface area contributed by atoms with Crippen LogP contribution in [-0.4, -0.2) is 4.98 Å². The fourth-order valence-electron chi connectivity index (χ4n) is 1.83. The van der Waals surface area contributed by atoms with Crippen molar-refractivity contribution in [3.8, 4) is 6.07 Å². The van der Waals surface area contributed by atoms with Crippen LogP contribution >= 0.6 is 46.3 Å². The van der Waals surface area contributed by atoms with Crippen LogP contribution in [0.1, 0.15) is 5.56 Å². The Hall–Kier alpha value is -1.51. The zero-order valence-electron chi connectivity index (χ0n) is 11.1. The van der Waals surface area contributed by atoms with Gasteiger partial charge < -0.3 is 0 Å². The fourth-order valence-corrected chi connectivity index (χ4v) is 4.11. The Morgan fingerprint density at radius 3 is 2.73 bits per heavy atom. The van der Waals surface area contributed by atoms with Crippen LogP contribution in [0.15, 0.2) is 51.7 Å². The van der Waals surface area contributed by atoms with Gasteiger partial charge in [0.05, 0.1) is 25.2 Å². The summed E-state index contributed by atoms with van der Waals surface area (Å²) in [7, 11) is 0. The normalized spacial score (nSPS) is 11.6. The van der Waals surface area contributed by atoms with Gasteiger partial charge in [0.1, 0.15) is 6.07 Å². The van der Waals surface area contributed by atoms with Gasteiger partial charge in [-0.2, -0.15) is 5.26 Å². The van der Waals surface area contributed by atoms with E-state index in [0.29, 0.717) is 15.0 Å². The van der Waals surface area contributed by atoms with Crippen LogP contribution in [0.25, 0.3) is 16.3 Å². The number of thioether (sulfide) groups is 1. The van der Waals surface area contributed by atoms with Crippen LogP contribution in [0, 0.1) is 11.3 Å². The highest BCUT2D eigenvalue weighted by molar-refractivity contribution is 8.05. The quantitative estimate of drug-likeness (QED) is 0.407. The molecule has 0 saturated heterocycles. The van der Waals surface area contributed by atoms with Crippen LogP contribution in [0.5, 0.6) is 0 Å². The number of nitriles is 1. The molecule has 22 heavy (non-hydrogen) atoms. The number of hydrogen-bond donors (Lipinski definition) is 0. The van der Waals surface area contributed by atoms with E-state index >= 15 is 0 Å². The lowest BCUT2D eigenvalue weighted by molar-refractivity contribution is 1.31. The summed E-state index contributed by atoms with van der Waals surface area (Å²) < 4.78 is 1.95. The summed E-state index contributed by atoms with van der Waals surface area (Å²) in [6, 6.07) is 15.4. The Morgan fingerprint density at radius 2 is 2.00 bits per heavy atom. The molecule has 0 N–H and O–H groups in total. The zero-order valence-corrected chi connectivity index (χ0v) is 14.2. The molecule has 0 spiro atoms. The minimum absolute atomic E-state index is 0.470. The molecule has 2 aromatic carbocycles. The summed E-state index contributed by atoms with van der Waals surface area (Å²) in [6.07, 6.45) is 1.78. The molecular weight excluding hydrogens is 355 g/mol. The number of para-hydroxylation sites is 1. The molecule has 0 amide bonds. The van der Waals surface area contributed by atoms with E-state index in [4.69, 9.17) is 23.2 Å². The molecule has 0 radical (unpaired) electrons. The van der Waals surface area contributed by atoms with E-state index in [1.54, 1.807) is 29.5 Å². The number of halogens is 2. The molecule has 1 aromatic heterocycles. The Labute approximate surface area is 146 Å². The molecule has 3 aromatic rings. The molecule has 0 aliphatic rings. The second-order valence-corrected chi connectivity index (χ2v) is 7.48. The lowest BCUT2D eigenvalue weighted by Gasteiger charge is -1.99. The number of thiazole rings is 1. The molecule has 3 rings (SSSR count). The van der Waals surface area contributed by atoms with Gasteiger partial charge in [-0.15, -0.1) is 11.3 Å². The Balaban J connectivity index is 1.89. The molecule has 1 heterocycles. The maximum absolute atomic E-state index is 9.33. The average molecular weight is 363 g/mol. The van der Waals surface area contributed by atoms with E-state index in [9.17, 15) is 5.26 Å². The van der Waals surface area contributed by atoms with E-state index < -0.39 is 0 Å². The zero-order chi connectivity index (χ0) is 15.5. The van der Waals surface area contributed by atoms with Gasteiger partial charge in [-0.25, -0.2) is 4.98 Å². The number of nitrogens with zero attached hydrogens (tertiary/aromatic N) is 2. The minimum atomic E-state index is 0.470. The van der Waals surface area contributed by atoms with E-state index in [-0.39, 0.29) is 0 Å². The highest BCUT2D eigenvalue weighted by Gasteiger charge is 2.07. The van der Waals surface area contributed by atoms with Crippen LogP contribution in [0.4, 0.5) is 0 Å². The molecule has 0 bridgehead atoms. The maximum Gasteiger partial charge on any atom is 0.156 e. The van der Waals surface area contributed by atoms with Crippen molar-refractivity contribution in [1.82, 2.24) is 4.98 Å². The van der Waals surface area contributed by atoms with Gasteiger partial charge in [-0.1, -0.05) is 41.4 Å². The summed E-state index contributed by atoms with van der Waals surface area (Å²) >= 11 is 14.8. The molecule has 0 aliphatic heterocycles. The van der Waals surface area contributed by atoms with Crippen molar-refractivity contribution in [1.29, 1.82) is 5.26 Å². The van der Waals surface area contributed by atoms with E-state index in [1.807, 2.05) is 30.3 Å². The smallest absolute Gasteiger partial charge is 0.156 e. The minimum Gasteiger partial charge on any atom is -0.229 e. The van der Waals surface area contributed by atoms with Crippen LogP contribution in [0.2, 0.25) is 10.0 Å². The summed E-state index contributed by atoms with van der Waals surface area (Å²) in [5, 5.41) is 10.3. The van der Waals surface area contributed by atoms with Crippen LogP contribution < -0.4 is 0 Å². The number of aromatic nitrogens is 1. The van der Waals surface area contributed by atoms with Crippen molar-refractivity contribution >= 4 is 62.6 Å². The van der Waals surface area contributed by atoms with Crippen molar-refractivity contribution < 1.29 is 0 Å². The monoisotopic (exact) mass is 362 g/mol. The van der Waals surface area contributed by atoms with Crippen LogP contribution in [-0.2, 0) is 0 Å². The Kier molecular flexibility index (Phi) is 4.70. The molecular formula is C16H8Cl2N2S2. The molecule has 6 heteroatoms. The van der Waals surface area contributed by atoms with E-state index in [1.165, 1.54) is 11.8 Å². The van der Waals surface area contributed by atoms with E-state index in [2.05, 4.69) is 11.1 Å². The SMILES string of the molecule is N#C/C(=C\c1ccc(Cl)c(Cl)c1)Sc1nc2ccccc2s1. The fraction of sp³-hybridized carbons (Fsp3) is 0. The third-order valence-electron chi connectivity index (χ3n) is 2.82. The third-order valence-corrected chi connectivity index (χ3v) is 5.59. The van der Waals surface area contributed by atoms with E-state index in [0.717, 1.165) is 20.1 Å². The van der Waals surface area contributed by atoms with Gasteiger partial charge in [-0.3, -0.25) is 0 Å². The number of hydrogen-bond acceptors (Lipinski definition) is 4. The molecule has 0 aliphatic carbocycles. The topological polar surface area (TPSA) is 36.7 Å². The van der Waals surface area contributed by atoms with Gasteiger partial charge in [0.15, 0.2) is 4.34 Å². The van der Waals surface area contributed by atoms with Gasteiger partial charge in [0.25, 0.3) is 0 Å². The Bertz CT molecular complexity index is 877. The van der Waals surface area contributed by atoms with Crippen molar-refractivity contribution in [3.05, 3.63) is 63.0 Å². The lowest BCUT2D eigenvalue weighted by atomic mass is 10.2. The first kappa shape index (κ1) is 15.4. The highest BCUT2D eigenvalue weighted by atomic mass is 35.5. The molecule has 0 saturated carbocycles.